The van der Waals surface area contributed by atoms with Gasteiger partial charge in [-0.3, -0.25) is 9.10 Å². The summed E-state index contributed by atoms with van der Waals surface area (Å²) in [7, 11) is -4.33. The number of sulfonamides is 1. The van der Waals surface area contributed by atoms with Gasteiger partial charge < -0.3 is 15.2 Å². The summed E-state index contributed by atoms with van der Waals surface area (Å²) in [5, 5.41) is 0. The van der Waals surface area contributed by atoms with Crippen molar-refractivity contribution in [1.29, 1.82) is 0 Å². The van der Waals surface area contributed by atoms with E-state index in [0.717, 1.165) is 16.4 Å². The molecule has 0 fully saturated rings. The highest BCUT2D eigenvalue weighted by atomic mass is 32.2. The zero-order chi connectivity index (χ0) is 24.7. The van der Waals surface area contributed by atoms with Crippen LogP contribution in [0.3, 0.4) is 0 Å². The van der Waals surface area contributed by atoms with E-state index in [9.17, 15) is 22.0 Å². The first-order chi connectivity index (χ1) is 15.2. The minimum Gasteiger partial charge on any atom is -0.484 e. The van der Waals surface area contributed by atoms with E-state index in [1.165, 1.54) is 6.07 Å². The normalized spacial score (nSPS) is 19.5. The van der Waals surface area contributed by atoms with E-state index in [2.05, 4.69) is 0 Å². The molecule has 2 aromatic carbocycles. The maximum absolute atomic E-state index is 13.9. The molecule has 0 radical (unpaired) electrons. The van der Waals surface area contributed by atoms with Gasteiger partial charge in [-0.15, -0.1) is 0 Å². The number of carbonyl (C=O) groups is 1. The first-order valence-electron chi connectivity index (χ1n) is 10.5. The smallest absolute Gasteiger partial charge is 0.310 e. The second-order valence-corrected chi connectivity index (χ2v) is 10.9. The number of hydrogen-bond donors (Lipinski definition) is 1. The molecule has 180 valence electrons. The van der Waals surface area contributed by atoms with E-state index in [-0.39, 0.29) is 17.9 Å². The fourth-order valence-corrected chi connectivity index (χ4v) is 5.41. The minimum absolute atomic E-state index is 0.0886. The molecule has 1 aliphatic heterocycles. The first-order valence-corrected chi connectivity index (χ1v) is 11.9. The van der Waals surface area contributed by atoms with Crippen LogP contribution in [0.5, 0.6) is 5.75 Å². The Morgan fingerprint density at radius 2 is 1.85 bits per heavy atom. The molecule has 10 heteroatoms. The average molecular weight is 483 g/mol. The number of rotatable bonds is 5. The molecule has 1 heterocycles. The summed E-state index contributed by atoms with van der Waals surface area (Å²) in [4.78, 5) is 11.9. The Morgan fingerprint density at radius 1 is 1.18 bits per heavy atom. The summed E-state index contributed by atoms with van der Waals surface area (Å²) >= 11 is 0. The first kappa shape index (κ1) is 24.9. The summed E-state index contributed by atoms with van der Waals surface area (Å²) in [5.74, 6) is -2.66. The lowest BCUT2D eigenvalue weighted by Gasteiger charge is -2.42. The molecule has 0 amide bonds. The predicted molar refractivity (Wildman–Crippen MR) is 120 cm³/mol. The largest absolute Gasteiger partial charge is 0.484 e. The Hall–Kier alpha value is -2.72. The monoisotopic (exact) mass is 482 g/mol. The van der Waals surface area contributed by atoms with Gasteiger partial charge in [-0.05, 0) is 70.5 Å². The van der Waals surface area contributed by atoms with Gasteiger partial charge in [-0.2, -0.15) is 0 Å². The van der Waals surface area contributed by atoms with E-state index < -0.39 is 56.3 Å². The summed E-state index contributed by atoms with van der Waals surface area (Å²) in [6.07, 6.45) is -0.788. The van der Waals surface area contributed by atoms with Crippen LogP contribution in [0.4, 0.5) is 14.5 Å². The summed E-state index contributed by atoms with van der Waals surface area (Å²) < 4.78 is 66.8. The molecule has 0 saturated heterocycles. The van der Waals surface area contributed by atoms with Crippen molar-refractivity contribution in [2.24, 2.45) is 5.73 Å². The molecule has 2 N–H and O–H groups in total. The van der Waals surface area contributed by atoms with Crippen LogP contribution in [0.25, 0.3) is 0 Å². The maximum atomic E-state index is 13.9. The molecule has 3 atom stereocenters. The van der Waals surface area contributed by atoms with Crippen LogP contribution in [0.2, 0.25) is 0 Å². The number of anilines is 1. The lowest BCUT2D eigenvalue weighted by atomic mass is 10.0. The lowest BCUT2D eigenvalue weighted by molar-refractivity contribution is -0.153. The number of carbonyl (C=O) groups excluding carboxylic acids is 1. The van der Waals surface area contributed by atoms with Gasteiger partial charge in [-0.25, -0.2) is 17.2 Å². The fourth-order valence-electron chi connectivity index (χ4n) is 3.73. The van der Waals surface area contributed by atoms with Crippen LogP contribution in [0.1, 0.15) is 40.2 Å². The third kappa shape index (κ3) is 5.27. The number of nitrogens with two attached hydrogens (primary N) is 1. The van der Waals surface area contributed by atoms with E-state index >= 15 is 0 Å². The van der Waals surface area contributed by atoms with Gasteiger partial charge in [0.25, 0.3) is 10.0 Å². The highest BCUT2D eigenvalue weighted by Crippen LogP contribution is 2.41. The molecule has 0 unspecified atom stereocenters. The molecule has 33 heavy (non-hydrogen) atoms. The van der Waals surface area contributed by atoms with E-state index in [1.807, 2.05) is 0 Å². The Morgan fingerprint density at radius 3 is 2.42 bits per heavy atom. The summed E-state index contributed by atoms with van der Waals surface area (Å²) in [5.41, 5.74) is 6.04. The van der Waals surface area contributed by atoms with Crippen molar-refractivity contribution in [3.8, 4) is 5.75 Å². The number of hydrogen-bond acceptors (Lipinski definition) is 6. The van der Waals surface area contributed by atoms with Gasteiger partial charge in [0.05, 0.1) is 23.0 Å². The minimum atomic E-state index is -4.33. The summed E-state index contributed by atoms with van der Waals surface area (Å²) in [6, 6.07) is 5.81. The van der Waals surface area contributed by atoms with Crippen LogP contribution < -0.4 is 14.8 Å². The molecular weight excluding hydrogens is 454 g/mol. The number of benzene rings is 2. The van der Waals surface area contributed by atoms with Crippen molar-refractivity contribution in [2.45, 2.75) is 69.7 Å². The van der Waals surface area contributed by atoms with E-state index in [4.69, 9.17) is 15.2 Å². The fraction of sp³-hybridized carbons (Fsp3) is 0.435. The Labute approximate surface area is 192 Å². The number of esters is 1. The molecule has 0 spiro atoms. The topological polar surface area (TPSA) is 98.9 Å². The van der Waals surface area contributed by atoms with Crippen LogP contribution in [0.15, 0.2) is 41.3 Å². The van der Waals surface area contributed by atoms with Crippen LogP contribution >= 0.6 is 0 Å². The van der Waals surface area contributed by atoms with Crippen molar-refractivity contribution in [3.05, 3.63) is 53.6 Å². The van der Waals surface area contributed by atoms with Crippen LogP contribution in [0, 0.1) is 11.6 Å². The molecule has 0 bridgehead atoms. The zero-order valence-electron chi connectivity index (χ0n) is 19.1. The highest BCUT2D eigenvalue weighted by Gasteiger charge is 2.42. The van der Waals surface area contributed by atoms with E-state index in [0.29, 0.717) is 11.6 Å². The number of ether oxygens (including phenoxy) is 2. The van der Waals surface area contributed by atoms with Crippen molar-refractivity contribution < 1.29 is 31.5 Å². The summed E-state index contributed by atoms with van der Waals surface area (Å²) in [6.45, 7) is 8.55. The van der Waals surface area contributed by atoms with Gasteiger partial charge in [-0.1, -0.05) is 6.07 Å². The van der Waals surface area contributed by atoms with Crippen LogP contribution in [-0.4, -0.2) is 38.2 Å². The number of halogens is 2. The Kier molecular flexibility index (Phi) is 6.72. The molecule has 0 saturated carbocycles. The number of nitrogens with zero attached hydrogens (tertiary/aromatic N) is 1. The third-order valence-corrected chi connectivity index (χ3v) is 7.00. The van der Waals surface area contributed by atoms with Gasteiger partial charge >= 0.3 is 5.97 Å². The molecule has 3 rings (SSSR count). The molecule has 0 aromatic heterocycles. The second-order valence-electron chi connectivity index (χ2n) is 9.12. The lowest BCUT2D eigenvalue weighted by Crippen LogP contribution is -2.56. The van der Waals surface area contributed by atoms with Crippen molar-refractivity contribution >= 4 is 21.7 Å². The molecule has 0 aliphatic carbocycles. The highest BCUT2D eigenvalue weighted by molar-refractivity contribution is 7.92. The molecule has 1 aliphatic rings. The van der Waals surface area contributed by atoms with Crippen molar-refractivity contribution in [1.82, 2.24) is 0 Å². The predicted octanol–water partition coefficient (Wildman–Crippen LogP) is 3.54. The van der Waals surface area contributed by atoms with Gasteiger partial charge in [0.15, 0.2) is 11.6 Å². The molecule has 7 nitrogen and oxygen atoms in total. The van der Waals surface area contributed by atoms with Gasteiger partial charge in [0.1, 0.15) is 17.5 Å². The molecular formula is C23H28F2N2O5S. The van der Waals surface area contributed by atoms with E-state index in [1.54, 1.807) is 46.8 Å². The average Bonchev–Trinajstić information content (AvgIpc) is 2.67. The number of fused-ring (bicyclic) bond motifs is 1. The van der Waals surface area contributed by atoms with Crippen molar-refractivity contribution in [3.63, 3.8) is 0 Å². The van der Waals surface area contributed by atoms with Crippen LogP contribution in [-0.2, 0) is 26.0 Å². The standard InChI is InChI=1S/C23H28F2N2O5S/c1-13(26)22-14(2)27(33(29,30)16-7-8-17(24)18(25)12-16)19-10-15(6-9-20(19)31-22)11-21(28)32-23(3,4)5/h6-10,12-14,22H,11,26H2,1-5H3/t13-,14+,22-/m0/s1. The Balaban J connectivity index is 2.09. The second kappa shape index (κ2) is 8.90. The van der Waals surface area contributed by atoms with Crippen molar-refractivity contribution in [2.75, 3.05) is 4.31 Å². The molecule has 2 aromatic rings. The Bertz CT molecular complexity index is 1160. The zero-order valence-corrected chi connectivity index (χ0v) is 19.9. The maximum Gasteiger partial charge on any atom is 0.310 e. The quantitative estimate of drug-likeness (QED) is 0.655. The SMILES string of the molecule is C[C@H](N)[C@@H]1Oc2ccc(CC(=O)OC(C)(C)C)cc2N(S(=O)(=O)c2ccc(F)c(F)c2)[C@@H]1C. The van der Waals surface area contributed by atoms with Gasteiger partial charge in [0, 0.05) is 6.04 Å². The third-order valence-electron chi connectivity index (χ3n) is 5.10. The van der Waals surface area contributed by atoms with Gasteiger partial charge in [0.2, 0.25) is 0 Å².